The normalized spacial score (nSPS) is 9.12. The summed E-state index contributed by atoms with van der Waals surface area (Å²) in [5, 5.41) is 0. The monoisotopic (exact) mass is 240 g/mol. The van der Waals surface area contributed by atoms with E-state index in [0.29, 0.717) is 5.88 Å². The van der Waals surface area contributed by atoms with Gasteiger partial charge in [0.25, 0.3) is 0 Å². The van der Waals surface area contributed by atoms with E-state index in [0.717, 1.165) is 24.5 Å². The lowest BCUT2D eigenvalue weighted by molar-refractivity contribution is 0.396. The fraction of sp³-hybridized carbons (Fsp3) is 0.0909. The highest BCUT2D eigenvalue weighted by molar-refractivity contribution is 5.10. The first-order valence-electron chi connectivity index (χ1n) is 4.61. The summed E-state index contributed by atoms with van der Waals surface area (Å²) < 4.78 is 28.7. The number of ether oxygens (including phenoxy) is 1. The molecule has 0 spiro atoms. The third-order valence-corrected chi connectivity index (χ3v) is 1.66. The van der Waals surface area contributed by atoms with Crippen LogP contribution in [0.1, 0.15) is 0 Å². The Labute approximate surface area is 95.9 Å². The molecule has 0 radical (unpaired) electrons. The topological polar surface area (TPSA) is 55.0 Å². The second kappa shape index (κ2) is 6.37. The number of pyridine rings is 2. The number of rotatable bonds is 1. The largest absolute Gasteiger partial charge is 0.481 e. The van der Waals surface area contributed by atoms with E-state index in [9.17, 15) is 13.6 Å². The van der Waals surface area contributed by atoms with E-state index < -0.39 is 5.82 Å². The lowest BCUT2D eigenvalue weighted by atomic mass is 10.5. The van der Waals surface area contributed by atoms with Gasteiger partial charge in [-0.05, 0) is 12.1 Å². The molecule has 2 rings (SSSR count). The summed E-state index contributed by atoms with van der Waals surface area (Å²) in [6.07, 6.45) is 2.13. The van der Waals surface area contributed by atoms with Crippen LogP contribution in [0.3, 0.4) is 0 Å². The van der Waals surface area contributed by atoms with Crippen molar-refractivity contribution in [2.24, 2.45) is 0 Å². The minimum absolute atomic E-state index is 0.286. The summed E-state index contributed by atoms with van der Waals surface area (Å²) in [5.74, 6) is -0.350. The second-order valence-electron chi connectivity index (χ2n) is 2.89. The van der Waals surface area contributed by atoms with Crippen LogP contribution in [0.5, 0.6) is 5.88 Å². The molecule has 0 aromatic carbocycles. The number of nitrogens with zero attached hydrogens (tertiary/aromatic N) is 1. The minimum atomic E-state index is -0.426. The van der Waals surface area contributed by atoms with Gasteiger partial charge in [0.15, 0.2) is 0 Å². The van der Waals surface area contributed by atoms with Gasteiger partial charge in [-0.15, -0.1) is 0 Å². The molecule has 2 heterocycles. The molecule has 90 valence electrons. The summed E-state index contributed by atoms with van der Waals surface area (Å²) in [7, 11) is 1.49. The van der Waals surface area contributed by atoms with Gasteiger partial charge >= 0.3 is 0 Å². The molecule has 4 nitrogen and oxygen atoms in total. The zero-order valence-electron chi connectivity index (χ0n) is 8.98. The van der Waals surface area contributed by atoms with Crippen LogP contribution in [0.4, 0.5) is 8.78 Å². The number of methoxy groups -OCH3 is 1. The number of H-pyrrole nitrogens is 1. The summed E-state index contributed by atoms with van der Waals surface area (Å²) in [6, 6.07) is 5.01. The van der Waals surface area contributed by atoms with Gasteiger partial charge in [-0.3, -0.25) is 4.79 Å². The van der Waals surface area contributed by atoms with Crippen LogP contribution in [-0.4, -0.2) is 17.1 Å². The average molecular weight is 240 g/mol. The molecule has 0 aliphatic carbocycles. The highest BCUT2D eigenvalue weighted by Gasteiger charge is 1.90. The molecule has 0 unspecified atom stereocenters. The molecule has 0 fully saturated rings. The number of nitrogens with one attached hydrogen (secondary N) is 1. The lowest BCUT2D eigenvalue weighted by Gasteiger charge is -1.94. The summed E-state index contributed by atoms with van der Waals surface area (Å²) in [6.45, 7) is 0. The van der Waals surface area contributed by atoms with E-state index in [-0.39, 0.29) is 11.4 Å². The molecule has 0 aliphatic rings. The van der Waals surface area contributed by atoms with Crippen LogP contribution < -0.4 is 10.3 Å². The van der Waals surface area contributed by atoms with E-state index in [4.69, 9.17) is 4.74 Å². The van der Waals surface area contributed by atoms with E-state index in [1.54, 1.807) is 0 Å². The van der Waals surface area contributed by atoms with Crippen LogP contribution in [0.25, 0.3) is 0 Å². The quantitative estimate of drug-likeness (QED) is 0.826. The molecule has 6 heteroatoms. The molecule has 17 heavy (non-hydrogen) atoms. The molecule has 0 amide bonds. The average Bonchev–Trinajstić information content (AvgIpc) is 2.35. The van der Waals surface area contributed by atoms with E-state index in [1.807, 2.05) is 0 Å². The Morgan fingerprint density at radius 1 is 1.18 bits per heavy atom. The Morgan fingerprint density at radius 2 is 1.88 bits per heavy atom. The van der Waals surface area contributed by atoms with Crippen molar-refractivity contribution < 1.29 is 13.5 Å². The van der Waals surface area contributed by atoms with Crippen molar-refractivity contribution >= 4 is 0 Å². The van der Waals surface area contributed by atoms with E-state index in [2.05, 4.69) is 9.97 Å². The maximum absolute atomic E-state index is 12.1. The predicted molar refractivity (Wildman–Crippen MR) is 57.8 cm³/mol. The number of aromatic nitrogens is 2. The van der Waals surface area contributed by atoms with Gasteiger partial charge in [0.2, 0.25) is 11.4 Å². The third kappa shape index (κ3) is 4.87. The summed E-state index contributed by atoms with van der Waals surface area (Å²) in [4.78, 5) is 16.0. The Hall–Kier alpha value is -2.24. The summed E-state index contributed by atoms with van der Waals surface area (Å²) >= 11 is 0. The predicted octanol–water partition coefficient (Wildman–Crippen LogP) is 1.74. The van der Waals surface area contributed by atoms with Gasteiger partial charge in [-0.1, -0.05) is 0 Å². The van der Waals surface area contributed by atoms with Gasteiger partial charge in [-0.25, -0.2) is 13.8 Å². The SMILES string of the molecule is COc1ccc(F)cn1.O=c1ccc(F)c[nH]1. The Kier molecular flexibility index (Phi) is 4.80. The van der Waals surface area contributed by atoms with Crippen LogP contribution in [0, 0.1) is 11.6 Å². The molecule has 0 aliphatic heterocycles. The van der Waals surface area contributed by atoms with Crippen LogP contribution in [-0.2, 0) is 0 Å². The minimum Gasteiger partial charge on any atom is -0.481 e. The van der Waals surface area contributed by atoms with Crippen molar-refractivity contribution in [1.82, 2.24) is 9.97 Å². The number of aromatic amines is 1. The van der Waals surface area contributed by atoms with Crippen molar-refractivity contribution in [3.8, 4) is 5.88 Å². The maximum atomic E-state index is 12.1. The van der Waals surface area contributed by atoms with Gasteiger partial charge in [0.1, 0.15) is 11.6 Å². The molecular formula is C11H10F2N2O2. The van der Waals surface area contributed by atoms with Crippen molar-refractivity contribution in [3.63, 3.8) is 0 Å². The molecule has 2 aromatic rings. The van der Waals surface area contributed by atoms with Crippen molar-refractivity contribution in [2.45, 2.75) is 0 Å². The number of hydrogen-bond acceptors (Lipinski definition) is 3. The first-order chi connectivity index (χ1) is 8.11. The van der Waals surface area contributed by atoms with Crippen LogP contribution in [0.2, 0.25) is 0 Å². The first-order valence-corrected chi connectivity index (χ1v) is 4.61. The van der Waals surface area contributed by atoms with Crippen LogP contribution >= 0.6 is 0 Å². The van der Waals surface area contributed by atoms with Gasteiger partial charge in [0.05, 0.1) is 13.3 Å². The Balaban J connectivity index is 0.000000171. The van der Waals surface area contributed by atoms with Crippen LogP contribution in [0.15, 0.2) is 41.5 Å². The molecule has 0 bridgehead atoms. The highest BCUT2D eigenvalue weighted by atomic mass is 19.1. The molecule has 2 aromatic heterocycles. The zero-order valence-corrected chi connectivity index (χ0v) is 8.98. The number of hydrogen-bond donors (Lipinski definition) is 1. The standard InChI is InChI=1S/C6H6FNO.C5H4FNO/c1-9-6-3-2-5(7)4-8-6;6-4-1-2-5(8)7-3-4/h2-4H,1H3;1-3H,(H,7,8). The smallest absolute Gasteiger partial charge is 0.248 e. The van der Waals surface area contributed by atoms with Crippen molar-refractivity contribution in [2.75, 3.05) is 7.11 Å². The van der Waals surface area contributed by atoms with Gasteiger partial charge in [0, 0.05) is 18.3 Å². The maximum Gasteiger partial charge on any atom is 0.248 e. The Bertz CT molecular complexity index is 491. The fourth-order valence-corrected chi connectivity index (χ4v) is 0.875. The Morgan fingerprint density at radius 3 is 2.29 bits per heavy atom. The molecule has 1 N–H and O–H groups in total. The zero-order chi connectivity index (χ0) is 12.7. The molecule has 0 saturated heterocycles. The molecule has 0 saturated carbocycles. The second-order valence-corrected chi connectivity index (χ2v) is 2.89. The van der Waals surface area contributed by atoms with Crippen molar-refractivity contribution in [3.05, 3.63) is 58.6 Å². The van der Waals surface area contributed by atoms with E-state index >= 15 is 0 Å². The van der Waals surface area contributed by atoms with Gasteiger partial charge < -0.3 is 9.72 Å². The molecule has 0 atom stereocenters. The number of halogens is 2. The molecular weight excluding hydrogens is 230 g/mol. The van der Waals surface area contributed by atoms with Crippen molar-refractivity contribution in [1.29, 1.82) is 0 Å². The fourth-order valence-electron chi connectivity index (χ4n) is 0.875. The highest BCUT2D eigenvalue weighted by Crippen LogP contribution is 2.03. The van der Waals surface area contributed by atoms with E-state index in [1.165, 1.54) is 19.2 Å². The summed E-state index contributed by atoms with van der Waals surface area (Å²) in [5.41, 5.74) is -0.286. The van der Waals surface area contributed by atoms with Gasteiger partial charge in [-0.2, -0.15) is 0 Å². The first kappa shape index (κ1) is 12.8. The lowest BCUT2D eigenvalue weighted by Crippen LogP contribution is -2.01. The third-order valence-electron chi connectivity index (χ3n) is 1.66.